The highest BCUT2D eigenvalue weighted by atomic mass is 16.6. The molecule has 142 valence electrons. The van der Waals surface area contributed by atoms with E-state index in [1.54, 1.807) is 18.2 Å². The van der Waals surface area contributed by atoms with Crippen LogP contribution in [0.4, 0.5) is 11.4 Å². The average molecular weight is 375 g/mol. The lowest BCUT2D eigenvalue weighted by Gasteiger charge is -2.36. The summed E-state index contributed by atoms with van der Waals surface area (Å²) in [6.07, 6.45) is 0.368. The van der Waals surface area contributed by atoms with E-state index in [0.717, 1.165) is 16.3 Å². The fourth-order valence-electron chi connectivity index (χ4n) is 3.80. The summed E-state index contributed by atoms with van der Waals surface area (Å²) in [4.78, 5) is 27.6. The second kappa shape index (κ2) is 7.68. The maximum atomic E-state index is 12.8. The molecule has 6 nitrogen and oxygen atoms in total. The van der Waals surface area contributed by atoms with Crippen LogP contribution in [-0.2, 0) is 11.2 Å². The van der Waals surface area contributed by atoms with Crippen molar-refractivity contribution in [2.24, 2.45) is 0 Å². The molecule has 1 fully saturated rings. The number of hydrogen-bond donors (Lipinski definition) is 0. The van der Waals surface area contributed by atoms with Crippen LogP contribution < -0.4 is 4.90 Å². The van der Waals surface area contributed by atoms with Gasteiger partial charge in [-0.15, -0.1) is 0 Å². The summed E-state index contributed by atoms with van der Waals surface area (Å²) in [6, 6.07) is 20.9. The topological polar surface area (TPSA) is 66.7 Å². The van der Waals surface area contributed by atoms with Crippen molar-refractivity contribution in [1.29, 1.82) is 0 Å². The molecule has 28 heavy (non-hydrogen) atoms. The van der Waals surface area contributed by atoms with Crippen molar-refractivity contribution in [3.05, 3.63) is 82.4 Å². The van der Waals surface area contributed by atoms with Crippen LogP contribution in [0, 0.1) is 10.1 Å². The van der Waals surface area contributed by atoms with Crippen LogP contribution >= 0.6 is 0 Å². The number of fused-ring (bicyclic) bond motifs is 1. The number of carbonyl (C=O) groups excluding carboxylic acids is 1. The Labute approximate surface area is 163 Å². The van der Waals surface area contributed by atoms with E-state index in [1.165, 1.54) is 6.07 Å². The molecule has 0 spiro atoms. The van der Waals surface area contributed by atoms with Crippen LogP contribution in [0.5, 0.6) is 0 Å². The van der Waals surface area contributed by atoms with Crippen LogP contribution in [0.2, 0.25) is 0 Å². The first-order valence-corrected chi connectivity index (χ1v) is 9.36. The smallest absolute Gasteiger partial charge is 0.292 e. The van der Waals surface area contributed by atoms with Crippen molar-refractivity contribution in [3.8, 4) is 0 Å². The summed E-state index contributed by atoms with van der Waals surface area (Å²) in [5.74, 6) is 0.0959. The Morgan fingerprint density at radius 1 is 0.893 bits per heavy atom. The van der Waals surface area contributed by atoms with Crippen LogP contribution in [0.3, 0.4) is 0 Å². The summed E-state index contributed by atoms with van der Waals surface area (Å²) in [6.45, 7) is 2.31. The molecule has 1 aliphatic heterocycles. The molecule has 4 rings (SSSR count). The summed E-state index contributed by atoms with van der Waals surface area (Å²) in [5.41, 5.74) is 1.76. The van der Waals surface area contributed by atoms with Crippen LogP contribution in [0.15, 0.2) is 66.7 Å². The monoisotopic (exact) mass is 375 g/mol. The molecular formula is C22H21N3O3. The van der Waals surface area contributed by atoms with E-state index in [9.17, 15) is 14.9 Å². The Hall–Kier alpha value is -3.41. The zero-order chi connectivity index (χ0) is 19.5. The summed E-state index contributed by atoms with van der Waals surface area (Å²) >= 11 is 0. The first-order chi connectivity index (χ1) is 13.6. The Balaban J connectivity index is 1.44. The van der Waals surface area contributed by atoms with Crippen molar-refractivity contribution in [3.63, 3.8) is 0 Å². The lowest BCUT2D eigenvalue weighted by Crippen LogP contribution is -2.49. The summed E-state index contributed by atoms with van der Waals surface area (Å²) in [5, 5.41) is 13.5. The van der Waals surface area contributed by atoms with E-state index in [2.05, 4.69) is 12.1 Å². The van der Waals surface area contributed by atoms with E-state index in [0.29, 0.717) is 38.3 Å². The van der Waals surface area contributed by atoms with E-state index < -0.39 is 0 Å². The average Bonchev–Trinajstić information content (AvgIpc) is 2.74. The molecule has 1 saturated heterocycles. The van der Waals surface area contributed by atoms with Crippen LogP contribution in [0.25, 0.3) is 10.8 Å². The van der Waals surface area contributed by atoms with Crippen LogP contribution in [0.1, 0.15) is 5.56 Å². The number of para-hydroxylation sites is 2. The molecule has 0 aromatic heterocycles. The second-order valence-electron chi connectivity index (χ2n) is 6.93. The van der Waals surface area contributed by atoms with Gasteiger partial charge in [-0.05, 0) is 22.4 Å². The molecule has 1 aliphatic rings. The number of amides is 1. The van der Waals surface area contributed by atoms with Gasteiger partial charge in [-0.2, -0.15) is 0 Å². The third kappa shape index (κ3) is 3.53. The minimum Gasteiger partial charge on any atom is -0.362 e. The number of anilines is 1. The number of hydrogen-bond acceptors (Lipinski definition) is 4. The normalized spacial score (nSPS) is 14.3. The standard InChI is InChI=1S/C22H21N3O3/c26-22(16-18-8-5-7-17-6-1-2-9-19(17)18)24-14-12-23(13-15-24)20-10-3-4-11-21(20)25(27)28/h1-11H,12-16H2. The van der Waals surface area contributed by atoms with Crippen molar-refractivity contribution in [2.45, 2.75) is 6.42 Å². The van der Waals surface area contributed by atoms with E-state index in [1.807, 2.05) is 40.1 Å². The molecule has 1 amide bonds. The molecule has 1 heterocycles. The zero-order valence-corrected chi connectivity index (χ0v) is 15.5. The maximum absolute atomic E-state index is 12.8. The molecule has 3 aromatic carbocycles. The highest BCUT2D eigenvalue weighted by Crippen LogP contribution is 2.28. The van der Waals surface area contributed by atoms with Crippen molar-refractivity contribution in [2.75, 3.05) is 31.1 Å². The van der Waals surface area contributed by atoms with Gasteiger partial charge in [0.1, 0.15) is 5.69 Å². The first kappa shape index (κ1) is 18.0. The number of nitro benzene ring substituents is 1. The van der Waals surface area contributed by atoms with Gasteiger partial charge in [0.2, 0.25) is 5.91 Å². The first-order valence-electron chi connectivity index (χ1n) is 9.36. The van der Waals surface area contributed by atoms with Gasteiger partial charge >= 0.3 is 0 Å². The molecule has 0 saturated carbocycles. The van der Waals surface area contributed by atoms with E-state index >= 15 is 0 Å². The van der Waals surface area contributed by atoms with Gasteiger partial charge < -0.3 is 9.80 Å². The molecule has 0 radical (unpaired) electrons. The van der Waals surface area contributed by atoms with Gasteiger partial charge in [-0.1, -0.05) is 54.6 Å². The van der Waals surface area contributed by atoms with Crippen molar-refractivity contribution < 1.29 is 9.72 Å². The molecule has 6 heteroatoms. The maximum Gasteiger partial charge on any atom is 0.292 e. The number of carbonyl (C=O) groups is 1. The predicted octanol–water partition coefficient (Wildman–Crippen LogP) is 3.64. The predicted molar refractivity (Wildman–Crippen MR) is 110 cm³/mol. The van der Waals surface area contributed by atoms with Crippen LogP contribution in [-0.4, -0.2) is 41.9 Å². The Kier molecular flexibility index (Phi) is 4.93. The SMILES string of the molecule is O=C(Cc1cccc2ccccc12)N1CCN(c2ccccc2[N+](=O)[O-])CC1. The third-order valence-corrected chi connectivity index (χ3v) is 5.27. The fraction of sp³-hybridized carbons (Fsp3) is 0.227. The number of piperazine rings is 1. The molecule has 0 atom stereocenters. The highest BCUT2D eigenvalue weighted by molar-refractivity contribution is 5.90. The van der Waals surface area contributed by atoms with Gasteiger partial charge in [-0.3, -0.25) is 14.9 Å². The quantitative estimate of drug-likeness (QED) is 0.516. The fourth-order valence-corrected chi connectivity index (χ4v) is 3.80. The van der Waals surface area contributed by atoms with E-state index in [-0.39, 0.29) is 16.5 Å². The Morgan fingerprint density at radius 2 is 1.57 bits per heavy atom. The minimum atomic E-state index is -0.354. The molecule has 3 aromatic rings. The summed E-state index contributed by atoms with van der Waals surface area (Å²) < 4.78 is 0. The van der Waals surface area contributed by atoms with Gasteiger partial charge in [0.05, 0.1) is 11.3 Å². The molecule has 0 N–H and O–H groups in total. The lowest BCUT2D eigenvalue weighted by molar-refractivity contribution is -0.384. The Bertz CT molecular complexity index is 1020. The molecular weight excluding hydrogens is 354 g/mol. The Morgan fingerprint density at radius 3 is 2.36 bits per heavy atom. The zero-order valence-electron chi connectivity index (χ0n) is 15.5. The largest absolute Gasteiger partial charge is 0.362 e. The highest BCUT2D eigenvalue weighted by Gasteiger charge is 2.25. The van der Waals surface area contributed by atoms with Gasteiger partial charge in [0.15, 0.2) is 0 Å². The molecule has 0 unspecified atom stereocenters. The second-order valence-corrected chi connectivity index (χ2v) is 6.93. The van der Waals surface area contributed by atoms with Gasteiger partial charge in [-0.25, -0.2) is 0 Å². The number of nitro groups is 1. The number of benzene rings is 3. The van der Waals surface area contributed by atoms with Gasteiger partial charge in [0.25, 0.3) is 5.69 Å². The molecule has 0 aliphatic carbocycles. The number of rotatable bonds is 4. The third-order valence-electron chi connectivity index (χ3n) is 5.27. The van der Waals surface area contributed by atoms with Gasteiger partial charge in [0, 0.05) is 32.2 Å². The van der Waals surface area contributed by atoms with Crippen molar-refractivity contribution in [1.82, 2.24) is 4.90 Å². The molecule has 0 bridgehead atoms. The minimum absolute atomic E-state index is 0.0959. The lowest BCUT2D eigenvalue weighted by atomic mass is 10.0. The van der Waals surface area contributed by atoms with E-state index in [4.69, 9.17) is 0 Å². The number of nitrogens with zero attached hydrogens (tertiary/aromatic N) is 3. The summed E-state index contributed by atoms with van der Waals surface area (Å²) in [7, 11) is 0. The van der Waals surface area contributed by atoms with Crippen molar-refractivity contribution >= 4 is 28.1 Å².